The van der Waals surface area contributed by atoms with Gasteiger partial charge in [0, 0.05) is 13.2 Å². The Kier molecular flexibility index (Phi) is 5.85. The maximum atomic E-state index is 5.86. The van der Waals surface area contributed by atoms with Crippen molar-refractivity contribution in [1.29, 1.82) is 0 Å². The number of hydrogen-bond donors (Lipinski definition) is 1. The summed E-state index contributed by atoms with van der Waals surface area (Å²) in [5.41, 5.74) is 1.25. The van der Waals surface area contributed by atoms with Gasteiger partial charge in [0.05, 0.1) is 28.5 Å². The third kappa shape index (κ3) is 3.80. The fourth-order valence-electron chi connectivity index (χ4n) is 2.73. The van der Waals surface area contributed by atoms with Gasteiger partial charge in [0.1, 0.15) is 0 Å². The molecule has 2 atom stereocenters. The van der Waals surface area contributed by atoms with Crippen molar-refractivity contribution in [3.8, 4) is 0 Å². The van der Waals surface area contributed by atoms with Crippen LogP contribution in [0.25, 0.3) is 0 Å². The molecule has 2 unspecified atom stereocenters. The third-order valence-corrected chi connectivity index (χ3v) is 4.33. The monoisotopic (exact) mass is 329 g/mol. The Bertz CT molecular complexity index is 388. The number of rotatable bonds is 6. The van der Waals surface area contributed by atoms with Crippen molar-refractivity contribution in [3.05, 3.63) is 16.4 Å². The summed E-state index contributed by atoms with van der Waals surface area (Å²) in [5, 5.41) is 7.88. The molecule has 0 radical (unpaired) electrons. The largest absolute Gasteiger partial charge is 0.378 e. The molecule has 1 saturated heterocycles. The topological polar surface area (TPSA) is 39.1 Å². The van der Waals surface area contributed by atoms with Crippen LogP contribution in [0.3, 0.4) is 0 Å². The van der Waals surface area contributed by atoms with Crippen molar-refractivity contribution in [3.63, 3.8) is 0 Å². The van der Waals surface area contributed by atoms with Gasteiger partial charge in [0.25, 0.3) is 0 Å². The first-order chi connectivity index (χ1) is 9.26. The molecule has 1 aromatic rings. The molecular weight excluding hydrogens is 306 g/mol. The zero-order valence-corrected chi connectivity index (χ0v) is 13.4. The highest BCUT2D eigenvalue weighted by molar-refractivity contribution is 9.10. The standard InChI is InChI=1S/C14H24BrN3O/c1-3-7-18-14(12(15)10-17-18)13(16-2)9-11-6-4-5-8-19-11/h10-11,13,16H,3-9H2,1-2H3. The molecule has 0 aliphatic carbocycles. The average molecular weight is 330 g/mol. The third-order valence-electron chi connectivity index (χ3n) is 3.72. The van der Waals surface area contributed by atoms with Gasteiger partial charge in [-0.15, -0.1) is 0 Å². The van der Waals surface area contributed by atoms with Gasteiger partial charge >= 0.3 is 0 Å². The predicted molar refractivity (Wildman–Crippen MR) is 80.2 cm³/mol. The van der Waals surface area contributed by atoms with Crippen LogP contribution in [-0.4, -0.2) is 29.5 Å². The van der Waals surface area contributed by atoms with Crippen LogP contribution < -0.4 is 5.32 Å². The summed E-state index contributed by atoms with van der Waals surface area (Å²) in [6.07, 6.45) is 8.06. The lowest BCUT2D eigenvalue weighted by molar-refractivity contribution is 0.00493. The molecule has 1 N–H and O–H groups in total. The summed E-state index contributed by atoms with van der Waals surface area (Å²) in [4.78, 5) is 0. The number of aromatic nitrogens is 2. The molecule has 1 fully saturated rings. The smallest absolute Gasteiger partial charge is 0.0696 e. The fraction of sp³-hybridized carbons (Fsp3) is 0.786. The molecule has 2 rings (SSSR count). The summed E-state index contributed by atoms with van der Waals surface area (Å²) in [6.45, 7) is 4.05. The minimum absolute atomic E-state index is 0.298. The van der Waals surface area contributed by atoms with Crippen molar-refractivity contribution in [1.82, 2.24) is 15.1 Å². The van der Waals surface area contributed by atoms with Gasteiger partial charge in [-0.3, -0.25) is 4.68 Å². The second-order valence-corrected chi connectivity index (χ2v) is 6.02. The highest BCUT2D eigenvalue weighted by atomic mass is 79.9. The summed E-state index contributed by atoms with van der Waals surface area (Å²) < 4.78 is 9.06. The zero-order chi connectivity index (χ0) is 13.7. The van der Waals surface area contributed by atoms with E-state index in [2.05, 4.69) is 38.0 Å². The molecule has 108 valence electrons. The van der Waals surface area contributed by atoms with Crippen LogP contribution in [0.2, 0.25) is 0 Å². The summed E-state index contributed by atoms with van der Waals surface area (Å²) >= 11 is 3.63. The molecule has 1 aromatic heterocycles. The van der Waals surface area contributed by atoms with E-state index in [-0.39, 0.29) is 0 Å². The molecule has 0 saturated carbocycles. The van der Waals surface area contributed by atoms with Gasteiger partial charge in [-0.2, -0.15) is 5.10 Å². The Morgan fingerprint density at radius 3 is 3.05 bits per heavy atom. The van der Waals surface area contributed by atoms with E-state index >= 15 is 0 Å². The summed E-state index contributed by atoms with van der Waals surface area (Å²) in [5.74, 6) is 0. The lowest BCUT2D eigenvalue weighted by Crippen LogP contribution is -2.28. The number of ether oxygens (including phenoxy) is 1. The van der Waals surface area contributed by atoms with Crippen LogP contribution in [-0.2, 0) is 11.3 Å². The van der Waals surface area contributed by atoms with Gasteiger partial charge in [-0.1, -0.05) is 6.92 Å². The van der Waals surface area contributed by atoms with E-state index in [1.165, 1.54) is 25.0 Å². The quantitative estimate of drug-likeness (QED) is 0.870. The number of nitrogens with one attached hydrogen (secondary N) is 1. The van der Waals surface area contributed by atoms with Crippen LogP contribution in [0.1, 0.15) is 50.8 Å². The van der Waals surface area contributed by atoms with Crippen LogP contribution in [0.4, 0.5) is 0 Å². The van der Waals surface area contributed by atoms with E-state index in [4.69, 9.17) is 4.74 Å². The fourth-order valence-corrected chi connectivity index (χ4v) is 3.30. The number of aryl methyl sites for hydroxylation is 1. The Hall–Kier alpha value is -0.390. The molecule has 0 aromatic carbocycles. The van der Waals surface area contributed by atoms with Gasteiger partial charge < -0.3 is 10.1 Å². The molecule has 0 amide bonds. The maximum Gasteiger partial charge on any atom is 0.0696 e. The zero-order valence-electron chi connectivity index (χ0n) is 11.9. The number of nitrogens with zero attached hydrogens (tertiary/aromatic N) is 2. The highest BCUT2D eigenvalue weighted by Crippen LogP contribution is 2.29. The molecule has 2 heterocycles. The van der Waals surface area contributed by atoms with E-state index in [0.29, 0.717) is 12.1 Å². The number of hydrogen-bond acceptors (Lipinski definition) is 3. The first-order valence-electron chi connectivity index (χ1n) is 7.26. The van der Waals surface area contributed by atoms with Crippen LogP contribution in [0.15, 0.2) is 10.7 Å². The normalized spacial score (nSPS) is 21.5. The first kappa shape index (κ1) is 15.0. The molecule has 0 spiro atoms. The summed E-state index contributed by atoms with van der Waals surface area (Å²) in [6, 6.07) is 0.298. The van der Waals surface area contributed by atoms with Crippen molar-refractivity contribution >= 4 is 15.9 Å². The molecule has 1 aliphatic heterocycles. The Morgan fingerprint density at radius 1 is 1.58 bits per heavy atom. The Balaban J connectivity index is 2.09. The molecule has 19 heavy (non-hydrogen) atoms. The van der Waals surface area contributed by atoms with Crippen molar-refractivity contribution in [2.45, 2.75) is 57.7 Å². The van der Waals surface area contributed by atoms with Gasteiger partial charge in [0.15, 0.2) is 0 Å². The van der Waals surface area contributed by atoms with E-state index in [1.807, 2.05) is 13.2 Å². The van der Waals surface area contributed by atoms with Crippen molar-refractivity contribution in [2.75, 3.05) is 13.7 Å². The molecule has 5 heteroatoms. The molecule has 1 aliphatic rings. The predicted octanol–water partition coefficient (Wildman–Crippen LogP) is 3.28. The van der Waals surface area contributed by atoms with Crippen LogP contribution in [0, 0.1) is 0 Å². The second kappa shape index (κ2) is 7.41. The minimum Gasteiger partial charge on any atom is -0.378 e. The molecule has 0 bridgehead atoms. The Labute approximate surface area is 124 Å². The summed E-state index contributed by atoms with van der Waals surface area (Å²) in [7, 11) is 2.02. The van der Waals surface area contributed by atoms with Gasteiger partial charge in [-0.05, 0) is 55.1 Å². The van der Waals surface area contributed by atoms with Crippen molar-refractivity contribution < 1.29 is 4.74 Å². The van der Waals surface area contributed by atoms with E-state index < -0.39 is 0 Å². The highest BCUT2D eigenvalue weighted by Gasteiger charge is 2.24. The van der Waals surface area contributed by atoms with Gasteiger partial charge in [-0.25, -0.2) is 0 Å². The van der Waals surface area contributed by atoms with E-state index in [1.54, 1.807) is 0 Å². The lowest BCUT2D eigenvalue weighted by Gasteiger charge is -2.27. The maximum absolute atomic E-state index is 5.86. The lowest BCUT2D eigenvalue weighted by atomic mass is 10.00. The number of halogens is 1. The van der Waals surface area contributed by atoms with E-state index in [9.17, 15) is 0 Å². The molecule has 4 nitrogen and oxygen atoms in total. The molecular formula is C14H24BrN3O. The van der Waals surface area contributed by atoms with Gasteiger partial charge in [0.2, 0.25) is 0 Å². The minimum atomic E-state index is 0.298. The van der Waals surface area contributed by atoms with Crippen molar-refractivity contribution in [2.24, 2.45) is 0 Å². The second-order valence-electron chi connectivity index (χ2n) is 5.17. The van der Waals surface area contributed by atoms with E-state index in [0.717, 1.165) is 30.5 Å². The Morgan fingerprint density at radius 2 is 2.42 bits per heavy atom. The SMILES string of the molecule is CCCn1ncc(Br)c1C(CC1CCCCO1)NC. The average Bonchev–Trinajstić information content (AvgIpc) is 2.79. The van der Waals surface area contributed by atoms with Crippen LogP contribution in [0.5, 0.6) is 0 Å². The first-order valence-corrected chi connectivity index (χ1v) is 8.05. The van der Waals surface area contributed by atoms with Crippen LogP contribution >= 0.6 is 15.9 Å².